The lowest BCUT2D eigenvalue weighted by Crippen LogP contribution is -2.37. The number of aliphatic carboxylic acids is 1. The molecule has 0 aromatic carbocycles. The van der Waals surface area contributed by atoms with Crippen molar-refractivity contribution >= 4 is 39.1 Å². The first-order valence-corrected chi connectivity index (χ1v) is 8.96. The van der Waals surface area contributed by atoms with Crippen LogP contribution in [-0.4, -0.2) is 59.5 Å². The van der Waals surface area contributed by atoms with Crippen molar-refractivity contribution in [3.05, 3.63) is 20.3 Å². The zero-order valence-corrected chi connectivity index (χ0v) is 15.2. The minimum Gasteiger partial charge on any atom is -0.480 e. The van der Waals surface area contributed by atoms with Gasteiger partial charge in [0.15, 0.2) is 0 Å². The zero-order chi connectivity index (χ0) is 16.3. The van der Waals surface area contributed by atoms with Crippen LogP contribution >= 0.6 is 27.3 Å². The second kappa shape index (κ2) is 7.57. The van der Waals surface area contributed by atoms with Gasteiger partial charge in [-0.2, -0.15) is 0 Å². The van der Waals surface area contributed by atoms with E-state index in [1.165, 1.54) is 0 Å². The first-order chi connectivity index (χ1) is 10.4. The fraction of sp³-hybridized carbons (Fsp3) is 0.600. The minimum atomic E-state index is -0.808. The second-order valence-electron chi connectivity index (χ2n) is 5.73. The summed E-state index contributed by atoms with van der Waals surface area (Å²) in [5.41, 5.74) is 0.736. The lowest BCUT2D eigenvalue weighted by atomic mass is 10.1. The van der Waals surface area contributed by atoms with Crippen LogP contribution in [0.4, 0.5) is 0 Å². The maximum atomic E-state index is 12.6. The monoisotopic (exact) mass is 388 g/mol. The Balaban J connectivity index is 1.99. The van der Waals surface area contributed by atoms with E-state index in [1.54, 1.807) is 11.3 Å². The summed E-state index contributed by atoms with van der Waals surface area (Å²) in [6.07, 6.45) is 2.65. The summed E-state index contributed by atoms with van der Waals surface area (Å²) in [6, 6.07) is 2.15. The standard InChI is InChI=1S/C15H21BrN2O3S/c1-10-8-12(14(16)22-10)15(21)18-6-3-4-11(5-7-18)17(2)9-13(19)20/h8,11H,3-7,9H2,1-2H3,(H,19,20). The zero-order valence-electron chi connectivity index (χ0n) is 12.8. The van der Waals surface area contributed by atoms with Gasteiger partial charge >= 0.3 is 5.97 Å². The number of amides is 1. The predicted molar refractivity (Wildman–Crippen MR) is 90.6 cm³/mol. The molecule has 122 valence electrons. The Hall–Kier alpha value is -0.920. The topological polar surface area (TPSA) is 60.9 Å². The molecule has 0 aliphatic carbocycles. The number of carboxylic acid groups (broad SMARTS) is 1. The molecule has 0 radical (unpaired) electrons. The molecule has 1 amide bonds. The number of rotatable bonds is 4. The number of hydrogen-bond donors (Lipinski definition) is 1. The Kier molecular flexibility index (Phi) is 6.00. The van der Waals surface area contributed by atoms with Crippen molar-refractivity contribution < 1.29 is 14.7 Å². The lowest BCUT2D eigenvalue weighted by molar-refractivity contribution is -0.138. The molecule has 22 heavy (non-hydrogen) atoms. The maximum Gasteiger partial charge on any atom is 0.317 e. The van der Waals surface area contributed by atoms with Crippen LogP contribution < -0.4 is 0 Å². The molecule has 1 saturated heterocycles. The molecule has 1 aliphatic heterocycles. The molecular weight excluding hydrogens is 368 g/mol. The highest BCUT2D eigenvalue weighted by atomic mass is 79.9. The predicted octanol–water partition coefficient (Wildman–Crippen LogP) is 2.83. The smallest absolute Gasteiger partial charge is 0.317 e. The van der Waals surface area contributed by atoms with Gasteiger partial charge in [0.2, 0.25) is 0 Å². The Labute approximate surface area is 143 Å². The molecule has 1 aliphatic rings. The fourth-order valence-corrected chi connectivity index (χ4v) is 4.63. The quantitative estimate of drug-likeness (QED) is 0.861. The first-order valence-electron chi connectivity index (χ1n) is 7.35. The number of carbonyl (C=O) groups is 2. The summed E-state index contributed by atoms with van der Waals surface area (Å²) in [7, 11) is 1.84. The van der Waals surface area contributed by atoms with Gasteiger partial charge in [-0.25, -0.2) is 0 Å². The number of nitrogens with zero attached hydrogens (tertiary/aromatic N) is 2. The van der Waals surface area contributed by atoms with Crippen LogP contribution in [0.3, 0.4) is 0 Å². The Morgan fingerprint density at radius 1 is 1.45 bits per heavy atom. The first kappa shape index (κ1) is 17.4. The normalized spacial score (nSPS) is 19.3. The molecule has 1 unspecified atom stereocenters. The van der Waals surface area contributed by atoms with Gasteiger partial charge in [0, 0.05) is 24.0 Å². The lowest BCUT2D eigenvalue weighted by Gasteiger charge is -2.25. The number of carbonyl (C=O) groups excluding carboxylic acids is 1. The van der Waals surface area contributed by atoms with E-state index in [-0.39, 0.29) is 18.5 Å². The summed E-state index contributed by atoms with van der Waals surface area (Å²) >= 11 is 5.04. The highest BCUT2D eigenvalue weighted by molar-refractivity contribution is 9.11. The van der Waals surface area contributed by atoms with Crippen LogP contribution in [-0.2, 0) is 4.79 Å². The third kappa shape index (κ3) is 4.30. The van der Waals surface area contributed by atoms with Gasteiger partial charge in [-0.05, 0) is 55.2 Å². The summed E-state index contributed by atoms with van der Waals surface area (Å²) in [4.78, 5) is 28.3. The van der Waals surface area contributed by atoms with Crippen LogP contribution in [0.1, 0.15) is 34.5 Å². The molecule has 1 N–H and O–H groups in total. The number of carboxylic acids is 1. The Bertz CT molecular complexity index is 561. The van der Waals surface area contributed by atoms with Crippen molar-refractivity contribution in [3.63, 3.8) is 0 Å². The maximum absolute atomic E-state index is 12.6. The van der Waals surface area contributed by atoms with Crippen LogP contribution in [0.15, 0.2) is 9.85 Å². The van der Waals surface area contributed by atoms with Gasteiger partial charge < -0.3 is 10.0 Å². The highest BCUT2D eigenvalue weighted by Crippen LogP contribution is 2.29. The molecule has 0 bridgehead atoms. The van der Waals surface area contributed by atoms with E-state index in [0.717, 1.165) is 40.0 Å². The van der Waals surface area contributed by atoms with Gasteiger partial charge in [-0.15, -0.1) is 11.3 Å². The van der Waals surface area contributed by atoms with E-state index in [9.17, 15) is 9.59 Å². The second-order valence-corrected chi connectivity index (χ2v) is 8.30. The van der Waals surface area contributed by atoms with Crippen LogP contribution in [0, 0.1) is 6.92 Å². The van der Waals surface area contributed by atoms with Crippen LogP contribution in [0.2, 0.25) is 0 Å². The van der Waals surface area contributed by atoms with Crippen LogP contribution in [0.5, 0.6) is 0 Å². The third-order valence-corrected chi connectivity index (χ3v) is 5.78. The van der Waals surface area contributed by atoms with Gasteiger partial charge in [0.05, 0.1) is 15.9 Å². The SMILES string of the molecule is Cc1cc(C(=O)N2CCCC(N(C)CC(=O)O)CC2)c(Br)s1. The van der Waals surface area contributed by atoms with Gasteiger partial charge in [0.1, 0.15) is 0 Å². The van der Waals surface area contributed by atoms with E-state index >= 15 is 0 Å². The number of aryl methyl sites for hydroxylation is 1. The molecule has 1 fully saturated rings. The van der Waals surface area contributed by atoms with Crippen LogP contribution in [0.25, 0.3) is 0 Å². The Morgan fingerprint density at radius 2 is 2.18 bits per heavy atom. The van der Waals surface area contributed by atoms with E-state index in [0.29, 0.717) is 6.54 Å². The molecule has 7 heteroatoms. The Morgan fingerprint density at radius 3 is 2.77 bits per heavy atom. The van der Waals surface area contributed by atoms with Crippen molar-refractivity contribution in [3.8, 4) is 0 Å². The molecule has 1 aromatic heterocycles. The van der Waals surface area contributed by atoms with Crippen molar-refractivity contribution in [1.82, 2.24) is 9.80 Å². The molecule has 2 heterocycles. The number of likely N-dealkylation sites (N-methyl/N-ethyl adjacent to an activating group) is 1. The summed E-state index contributed by atoms with van der Waals surface area (Å²) in [5, 5.41) is 8.90. The summed E-state index contributed by atoms with van der Waals surface area (Å²) < 4.78 is 0.888. The van der Waals surface area contributed by atoms with E-state index < -0.39 is 5.97 Å². The fourth-order valence-electron chi connectivity index (χ4n) is 2.87. The van der Waals surface area contributed by atoms with Gasteiger partial charge in [-0.3, -0.25) is 14.5 Å². The average Bonchev–Trinajstić information content (AvgIpc) is 2.65. The summed E-state index contributed by atoms with van der Waals surface area (Å²) in [5.74, 6) is -0.741. The van der Waals surface area contributed by atoms with E-state index in [4.69, 9.17) is 5.11 Å². The van der Waals surface area contributed by atoms with E-state index in [1.807, 2.05) is 29.8 Å². The van der Waals surface area contributed by atoms with Gasteiger partial charge in [0.25, 0.3) is 5.91 Å². The van der Waals surface area contributed by atoms with Crippen molar-refractivity contribution in [2.24, 2.45) is 0 Å². The number of thiophene rings is 1. The van der Waals surface area contributed by atoms with E-state index in [2.05, 4.69) is 15.9 Å². The molecular formula is C15H21BrN2O3S. The average molecular weight is 389 g/mol. The largest absolute Gasteiger partial charge is 0.480 e. The van der Waals surface area contributed by atoms with Crippen molar-refractivity contribution in [1.29, 1.82) is 0 Å². The molecule has 1 atom stereocenters. The molecule has 0 saturated carbocycles. The van der Waals surface area contributed by atoms with Crippen molar-refractivity contribution in [2.75, 3.05) is 26.7 Å². The number of halogens is 1. The highest BCUT2D eigenvalue weighted by Gasteiger charge is 2.26. The number of likely N-dealkylation sites (tertiary alicyclic amines) is 1. The summed E-state index contributed by atoms with van der Waals surface area (Å²) in [6.45, 7) is 3.45. The molecule has 0 spiro atoms. The van der Waals surface area contributed by atoms with Gasteiger partial charge in [-0.1, -0.05) is 0 Å². The number of hydrogen-bond acceptors (Lipinski definition) is 4. The third-order valence-electron chi connectivity index (χ3n) is 4.03. The van der Waals surface area contributed by atoms with Crippen molar-refractivity contribution in [2.45, 2.75) is 32.2 Å². The molecule has 1 aromatic rings. The minimum absolute atomic E-state index is 0.0495. The molecule has 5 nitrogen and oxygen atoms in total. The molecule has 2 rings (SSSR count).